The first kappa shape index (κ1) is 14.7. The van der Waals surface area contributed by atoms with Crippen LogP contribution in [0.2, 0.25) is 0 Å². The van der Waals surface area contributed by atoms with Crippen molar-refractivity contribution in [3.8, 4) is 11.5 Å². The third-order valence-electron chi connectivity index (χ3n) is 2.98. The summed E-state index contributed by atoms with van der Waals surface area (Å²) in [5, 5.41) is 8.88. The van der Waals surface area contributed by atoms with Gasteiger partial charge in [0.25, 0.3) is 0 Å². The van der Waals surface area contributed by atoms with Crippen molar-refractivity contribution in [2.24, 2.45) is 0 Å². The maximum atomic E-state index is 13.9. The lowest BCUT2D eigenvalue weighted by atomic mass is 10.1. The fourth-order valence-electron chi connectivity index (χ4n) is 1.82. The lowest BCUT2D eigenvalue weighted by molar-refractivity contribution is 0.0696. The number of Topliss-reactive ketones (excluding diaryl/α,β-unsaturated/α-hetero) is 1. The van der Waals surface area contributed by atoms with Crippen molar-refractivity contribution < 1.29 is 23.8 Å². The fourth-order valence-corrected chi connectivity index (χ4v) is 1.82. The van der Waals surface area contributed by atoms with Crippen LogP contribution in [0.4, 0.5) is 4.39 Å². The van der Waals surface area contributed by atoms with Gasteiger partial charge in [-0.3, -0.25) is 4.79 Å². The van der Waals surface area contributed by atoms with Gasteiger partial charge in [-0.25, -0.2) is 9.18 Å². The molecule has 0 radical (unpaired) electrons. The molecule has 4 nitrogen and oxygen atoms in total. The number of aryl methyl sites for hydroxylation is 1. The minimum Gasteiger partial charge on any atom is -0.478 e. The van der Waals surface area contributed by atoms with E-state index in [9.17, 15) is 14.0 Å². The van der Waals surface area contributed by atoms with E-state index in [4.69, 9.17) is 9.84 Å². The number of carbonyl (C=O) groups excluding carboxylic acids is 1. The maximum absolute atomic E-state index is 13.9. The molecule has 2 rings (SSSR count). The summed E-state index contributed by atoms with van der Waals surface area (Å²) in [5.41, 5.74) is 0.968. The molecule has 0 aliphatic carbocycles. The molecule has 0 atom stereocenters. The molecular weight excluding hydrogens is 275 g/mol. The van der Waals surface area contributed by atoms with Crippen LogP contribution in [0.25, 0.3) is 0 Å². The lowest BCUT2D eigenvalue weighted by Crippen LogP contribution is -1.99. The molecule has 0 spiro atoms. The van der Waals surface area contributed by atoms with Gasteiger partial charge in [0, 0.05) is 5.56 Å². The second kappa shape index (κ2) is 5.75. The van der Waals surface area contributed by atoms with E-state index in [1.165, 1.54) is 37.3 Å². The molecule has 0 heterocycles. The van der Waals surface area contributed by atoms with Crippen molar-refractivity contribution in [3.63, 3.8) is 0 Å². The topological polar surface area (TPSA) is 63.6 Å². The predicted molar refractivity (Wildman–Crippen MR) is 74.6 cm³/mol. The Bertz CT molecular complexity index is 661. The highest BCUT2D eigenvalue weighted by Crippen LogP contribution is 2.28. The van der Waals surface area contributed by atoms with Crippen LogP contribution in [-0.2, 0) is 0 Å². The highest BCUT2D eigenvalue weighted by Gasteiger charge is 2.11. The van der Waals surface area contributed by atoms with Crippen LogP contribution in [-0.4, -0.2) is 16.9 Å². The van der Waals surface area contributed by atoms with E-state index in [0.29, 0.717) is 11.3 Å². The van der Waals surface area contributed by atoms with Crippen molar-refractivity contribution in [2.75, 3.05) is 0 Å². The number of aromatic carboxylic acids is 1. The van der Waals surface area contributed by atoms with E-state index in [-0.39, 0.29) is 22.7 Å². The molecule has 0 saturated carbocycles. The first-order valence-electron chi connectivity index (χ1n) is 6.21. The number of carboxylic acid groups (broad SMARTS) is 1. The maximum Gasteiger partial charge on any atom is 0.335 e. The normalized spacial score (nSPS) is 10.2. The van der Waals surface area contributed by atoms with Crippen molar-refractivity contribution in [2.45, 2.75) is 13.8 Å². The average molecular weight is 288 g/mol. The molecule has 5 heteroatoms. The van der Waals surface area contributed by atoms with Gasteiger partial charge < -0.3 is 9.84 Å². The number of halogens is 1. The molecule has 0 saturated heterocycles. The summed E-state index contributed by atoms with van der Waals surface area (Å²) in [5.74, 6) is -1.59. The Labute approximate surface area is 120 Å². The molecule has 0 bridgehead atoms. The average Bonchev–Trinajstić information content (AvgIpc) is 2.42. The molecule has 0 aromatic heterocycles. The molecule has 0 aliphatic heterocycles. The highest BCUT2D eigenvalue weighted by atomic mass is 19.1. The van der Waals surface area contributed by atoms with Gasteiger partial charge in [-0.2, -0.15) is 0 Å². The first-order valence-corrected chi connectivity index (χ1v) is 6.21. The monoisotopic (exact) mass is 288 g/mol. The lowest BCUT2D eigenvalue weighted by Gasteiger charge is -2.10. The van der Waals surface area contributed by atoms with Gasteiger partial charge in [0.2, 0.25) is 0 Å². The molecule has 108 valence electrons. The number of ketones is 1. The number of carboxylic acids is 1. The van der Waals surface area contributed by atoms with Crippen LogP contribution in [0.1, 0.15) is 33.2 Å². The zero-order valence-electron chi connectivity index (χ0n) is 11.5. The molecule has 2 aromatic carbocycles. The van der Waals surface area contributed by atoms with E-state index in [1.807, 2.05) is 0 Å². The minimum absolute atomic E-state index is 0.0221. The van der Waals surface area contributed by atoms with Gasteiger partial charge >= 0.3 is 5.97 Å². The third kappa shape index (κ3) is 3.25. The van der Waals surface area contributed by atoms with Gasteiger partial charge in [-0.15, -0.1) is 0 Å². The number of carbonyl (C=O) groups is 2. The van der Waals surface area contributed by atoms with Crippen LogP contribution in [0.3, 0.4) is 0 Å². The largest absolute Gasteiger partial charge is 0.478 e. The Kier molecular flexibility index (Phi) is 4.03. The summed E-state index contributed by atoms with van der Waals surface area (Å²) in [6.45, 7) is 3.02. The Hall–Kier alpha value is -2.69. The molecule has 2 aromatic rings. The molecule has 1 N–H and O–H groups in total. The molecule has 0 unspecified atom stereocenters. The Morgan fingerprint density at radius 3 is 2.19 bits per heavy atom. The Morgan fingerprint density at radius 1 is 1.05 bits per heavy atom. The quantitative estimate of drug-likeness (QED) is 0.868. The minimum atomic E-state index is -1.04. The van der Waals surface area contributed by atoms with Gasteiger partial charge in [-0.1, -0.05) is 0 Å². The Morgan fingerprint density at radius 2 is 1.67 bits per heavy atom. The van der Waals surface area contributed by atoms with E-state index in [0.717, 1.165) is 6.07 Å². The van der Waals surface area contributed by atoms with Gasteiger partial charge in [0.05, 0.1) is 5.56 Å². The predicted octanol–water partition coefficient (Wildman–Crippen LogP) is 3.83. The first-order chi connectivity index (χ1) is 9.88. The SMILES string of the molecule is CC(=O)c1ccc(Oc2ccc(C(=O)O)cc2C)c(F)c1. The smallest absolute Gasteiger partial charge is 0.335 e. The van der Waals surface area contributed by atoms with Gasteiger partial charge in [0.1, 0.15) is 5.75 Å². The van der Waals surface area contributed by atoms with Crippen LogP contribution >= 0.6 is 0 Å². The molecule has 0 fully saturated rings. The summed E-state index contributed by atoms with van der Waals surface area (Å²) < 4.78 is 19.3. The molecule has 21 heavy (non-hydrogen) atoms. The van der Waals surface area contributed by atoms with Gasteiger partial charge in [0.15, 0.2) is 17.3 Å². The zero-order valence-corrected chi connectivity index (χ0v) is 11.5. The summed E-state index contributed by atoms with van der Waals surface area (Å²) in [6, 6.07) is 8.25. The summed E-state index contributed by atoms with van der Waals surface area (Å²) in [7, 11) is 0. The van der Waals surface area contributed by atoms with Crippen LogP contribution < -0.4 is 4.74 Å². The zero-order chi connectivity index (χ0) is 15.6. The second-order valence-electron chi connectivity index (χ2n) is 4.59. The van der Waals surface area contributed by atoms with Crippen LogP contribution in [0.15, 0.2) is 36.4 Å². The van der Waals surface area contributed by atoms with Crippen molar-refractivity contribution >= 4 is 11.8 Å². The highest BCUT2D eigenvalue weighted by molar-refractivity contribution is 5.94. The Balaban J connectivity index is 2.30. The van der Waals surface area contributed by atoms with E-state index >= 15 is 0 Å². The molecule has 0 amide bonds. The van der Waals surface area contributed by atoms with Crippen molar-refractivity contribution in [1.82, 2.24) is 0 Å². The molecular formula is C16H13FO4. The number of hydrogen-bond donors (Lipinski definition) is 1. The number of ether oxygens (including phenoxy) is 1. The number of benzene rings is 2. The van der Waals surface area contributed by atoms with E-state index < -0.39 is 11.8 Å². The van der Waals surface area contributed by atoms with Crippen molar-refractivity contribution in [1.29, 1.82) is 0 Å². The van der Waals surface area contributed by atoms with Crippen molar-refractivity contribution in [3.05, 3.63) is 58.9 Å². The fraction of sp³-hybridized carbons (Fsp3) is 0.125. The van der Waals surface area contributed by atoms with E-state index in [2.05, 4.69) is 0 Å². The van der Waals surface area contributed by atoms with Crippen LogP contribution in [0, 0.1) is 12.7 Å². The number of hydrogen-bond acceptors (Lipinski definition) is 3. The third-order valence-corrected chi connectivity index (χ3v) is 2.98. The number of rotatable bonds is 4. The second-order valence-corrected chi connectivity index (χ2v) is 4.59. The molecule has 0 aliphatic rings. The summed E-state index contributed by atoms with van der Waals surface area (Å²) in [6.07, 6.45) is 0. The summed E-state index contributed by atoms with van der Waals surface area (Å²) >= 11 is 0. The van der Waals surface area contributed by atoms with E-state index in [1.54, 1.807) is 6.92 Å². The standard InChI is InChI=1S/C16H13FO4/c1-9-7-12(16(19)20)4-5-14(9)21-15-6-3-11(10(2)18)8-13(15)17/h3-8H,1-2H3,(H,19,20). The van der Waals surface area contributed by atoms with Crippen LogP contribution in [0.5, 0.6) is 11.5 Å². The van der Waals surface area contributed by atoms with Gasteiger partial charge in [-0.05, 0) is 55.8 Å². The summed E-state index contributed by atoms with van der Waals surface area (Å²) in [4.78, 5) is 22.0.